The first-order valence-corrected chi connectivity index (χ1v) is 9.12. The summed E-state index contributed by atoms with van der Waals surface area (Å²) in [5, 5.41) is 10.5. The predicted octanol–water partition coefficient (Wildman–Crippen LogP) is 3.96. The van der Waals surface area contributed by atoms with E-state index in [9.17, 15) is 9.90 Å². The number of hydrogen-bond acceptors (Lipinski definition) is 3. The second-order valence-electron chi connectivity index (χ2n) is 7.18. The molecule has 1 atom stereocenters. The van der Waals surface area contributed by atoms with Gasteiger partial charge in [0.1, 0.15) is 5.76 Å². The van der Waals surface area contributed by atoms with Crippen molar-refractivity contribution in [2.45, 2.75) is 50.0 Å². The quantitative estimate of drug-likeness (QED) is 0.829. The molecule has 4 heteroatoms. The third-order valence-electron chi connectivity index (χ3n) is 5.34. The number of benzene rings is 1. The van der Waals surface area contributed by atoms with Crippen molar-refractivity contribution in [2.75, 3.05) is 13.6 Å². The number of rotatable bonds is 7. The summed E-state index contributed by atoms with van der Waals surface area (Å²) in [7, 11) is 1.82. The monoisotopic (exact) mass is 341 g/mol. The predicted molar refractivity (Wildman–Crippen MR) is 97.3 cm³/mol. The number of aliphatic hydroxyl groups is 1. The van der Waals surface area contributed by atoms with E-state index in [4.69, 9.17) is 4.42 Å². The molecule has 1 saturated carbocycles. The van der Waals surface area contributed by atoms with Gasteiger partial charge < -0.3 is 14.4 Å². The van der Waals surface area contributed by atoms with Gasteiger partial charge in [-0.3, -0.25) is 4.79 Å². The van der Waals surface area contributed by atoms with Crippen LogP contribution in [0.1, 0.15) is 55.8 Å². The van der Waals surface area contributed by atoms with Gasteiger partial charge in [0, 0.05) is 20.0 Å². The number of amides is 1. The first kappa shape index (κ1) is 17.7. The van der Waals surface area contributed by atoms with Gasteiger partial charge in [0.2, 0.25) is 5.91 Å². The molecule has 1 aliphatic rings. The highest BCUT2D eigenvalue weighted by Crippen LogP contribution is 2.33. The van der Waals surface area contributed by atoms with Gasteiger partial charge in [-0.05, 0) is 37.0 Å². The van der Waals surface area contributed by atoms with E-state index in [-0.39, 0.29) is 11.8 Å². The molecule has 0 spiro atoms. The molecule has 1 aromatic carbocycles. The maximum Gasteiger partial charge on any atom is 0.223 e. The van der Waals surface area contributed by atoms with Crippen LogP contribution in [0.2, 0.25) is 0 Å². The smallest absolute Gasteiger partial charge is 0.223 e. The molecule has 1 N–H and O–H groups in total. The lowest BCUT2D eigenvalue weighted by atomic mass is 9.92. The molecule has 0 bridgehead atoms. The minimum Gasteiger partial charge on any atom is -0.469 e. The molecule has 1 aliphatic carbocycles. The summed E-state index contributed by atoms with van der Waals surface area (Å²) < 4.78 is 5.58. The summed E-state index contributed by atoms with van der Waals surface area (Å²) in [5.41, 5.74) is 0.502. The van der Waals surface area contributed by atoms with Crippen molar-refractivity contribution >= 4 is 5.91 Å². The van der Waals surface area contributed by atoms with Gasteiger partial charge in [-0.1, -0.05) is 43.2 Å². The zero-order valence-electron chi connectivity index (χ0n) is 14.9. The molecule has 0 saturated heterocycles. The van der Waals surface area contributed by atoms with Gasteiger partial charge >= 0.3 is 0 Å². The Morgan fingerprint density at radius 1 is 1.20 bits per heavy atom. The summed E-state index contributed by atoms with van der Waals surface area (Å²) in [6, 6.07) is 13.8. The highest BCUT2D eigenvalue weighted by molar-refractivity contribution is 5.77. The minimum absolute atomic E-state index is 0.0758. The Morgan fingerprint density at radius 2 is 1.92 bits per heavy atom. The Balaban J connectivity index is 1.64. The molecule has 1 fully saturated rings. The number of furan rings is 1. The van der Waals surface area contributed by atoms with Crippen LogP contribution in [0.15, 0.2) is 53.1 Å². The molecule has 4 nitrogen and oxygen atoms in total. The summed E-state index contributed by atoms with van der Waals surface area (Å²) in [4.78, 5) is 14.5. The molecule has 0 radical (unpaired) electrons. The van der Waals surface area contributed by atoms with Crippen LogP contribution in [-0.4, -0.2) is 35.1 Å². The summed E-state index contributed by atoms with van der Waals surface area (Å²) in [5.74, 6) is 0.801. The molecule has 1 heterocycles. The topological polar surface area (TPSA) is 53.7 Å². The third kappa shape index (κ3) is 4.51. The van der Waals surface area contributed by atoms with E-state index < -0.39 is 5.60 Å². The molecule has 1 unspecified atom stereocenters. The Hall–Kier alpha value is -2.07. The van der Waals surface area contributed by atoms with E-state index in [0.29, 0.717) is 19.4 Å². The fraction of sp³-hybridized carbons (Fsp3) is 0.476. The number of nitrogens with zero attached hydrogens (tertiary/aromatic N) is 1. The van der Waals surface area contributed by atoms with Gasteiger partial charge in [0.15, 0.2) is 0 Å². The Morgan fingerprint density at radius 3 is 2.56 bits per heavy atom. The second-order valence-corrected chi connectivity index (χ2v) is 7.18. The largest absolute Gasteiger partial charge is 0.469 e. The van der Waals surface area contributed by atoms with Crippen molar-refractivity contribution in [3.63, 3.8) is 0 Å². The zero-order chi connectivity index (χ0) is 17.7. The molecular weight excluding hydrogens is 314 g/mol. The maximum absolute atomic E-state index is 12.7. The van der Waals surface area contributed by atoms with Crippen LogP contribution in [0.25, 0.3) is 0 Å². The van der Waals surface area contributed by atoms with Crippen LogP contribution in [0.4, 0.5) is 0 Å². The average molecular weight is 341 g/mol. The molecule has 25 heavy (non-hydrogen) atoms. The third-order valence-corrected chi connectivity index (χ3v) is 5.34. The standard InChI is InChI=1S/C21H27NO3/c1-22(14-13-21(24)11-5-6-12-21)20(23)16-18(19-10-7-15-25-19)17-8-3-2-4-9-17/h2-4,7-10,15,18,24H,5-6,11-14,16H2,1H3. The lowest BCUT2D eigenvalue weighted by Gasteiger charge is -2.26. The summed E-state index contributed by atoms with van der Waals surface area (Å²) in [6.45, 7) is 0.592. The minimum atomic E-state index is -0.575. The van der Waals surface area contributed by atoms with Gasteiger partial charge in [0.25, 0.3) is 0 Å². The Bertz CT molecular complexity index is 660. The van der Waals surface area contributed by atoms with E-state index >= 15 is 0 Å². The maximum atomic E-state index is 12.7. The number of carbonyl (C=O) groups excluding carboxylic acids is 1. The highest BCUT2D eigenvalue weighted by Gasteiger charge is 2.31. The Labute approximate surface area is 149 Å². The highest BCUT2D eigenvalue weighted by atomic mass is 16.3. The van der Waals surface area contributed by atoms with Crippen LogP contribution in [0.5, 0.6) is 0 Å². The molecular formula is C21H27NO3. The van der Waals surface area contributed by atoms with Crippen LogP contribution in [0.3, 0.4) is 0 Å². The van der Waals surface area contributed by atoms with Crippen LogP contribution < -0.4 is 0 Å². The van der Waals surface area contributed by atoms with E-state index in [1.54, 1.807) is 11.2 Å². The molecule has 2 aromatic rings. The number of carbonyl (C=O) groups is 1. The van der Waals surface area contributed by atoms with Crippen LogP contribution >= 0.6 is 0 Å². The van der Waals surface area contributed by atoms with Gasteiger partial charge in [0.05, 0.1) is 17.8 Å². The van der Waals surface area contributed by atoms with E-state index in [2.05, 4.69) is 0 Å². The first-order chi connectivity index (χ1) is 12.1. The van der Waals surface area contributed by atoms with Crippen LogP contribution in [-0.2, 0) is 4.79 Å². The van der Waals surface area contributed by atoms with E-state index in [0.717, 1.165) is 37.0 Å². The Kier molecular flexibility index (Phi) is 5.59. The van der Waals surface area contributed by atoms with Crippen molar-refractivity contribution in [1.29, 1.82) is 0 Å². The fourth-order valence-corrected chi connectivity index (χ4v) is 3.67. The lowest BCUT2D eigenvalue weighted by molar-refractivity contribution is -0.130. The summed E-state index contributed by atoms with van der Waals surface area (Å²) in [6.07, 6.45) is 6.56. The average Bonchev–Trinajstić information content (AvgIpc) is 3.30. The van der Waals surface area contributed by atoms with E-state index in [1.807, 2.05) is 49.5 Å². The SMILES string of the molecule is CN(CCC1(O)CCCC1)C(=O)CC(c1ccccc1)c1ccco1. The fourth-order valence-electron chi connectivity index (χ4n) is 3.67. The van der Waals surface area contributed by atoms with Gasteiger partial charge in [-0.2, -0.15) is 0 Å². The number of hydrogen-bond donors (Lipinski definition) is 1. The van der Waals surface area contributed by atoms with Crippen LogP contribution in [0, 0.1) is 0 Å². The molecule has 134 valence electrons. The lowest BCUT2D eigenvalue weighted by Crippen LogP contribution is -2.35. The summed E-state index contributed by atoms with van der Waals surface area (Å²) >= 11 is 0. The van der Waals surface area contributed by atoms with Crippen molar-refractivity contribution in [3.05, 3.63) is 60.1 Å². The molecule has 1 aromatic heterocycles. The molecule has 1 amide bonds. The molecule has 0 aliphatic heterocycles. The van der Waals surface area contributed by atoms with Crippen molar-refractivity contribution < 1.29 is 14.3 Å². The van der Waals surface area contributed by atoms with Gasteiger partial charge in [-0.25, -0.2) is 0 Å². The van der Waals surface area contributed by atoms with Crippen molar-refractivity contribution in [1.82, 2.24) is 4.90 Å². The normalized spacial score (nSPS) is 17.4. The molecule has 3 rings (SSSR count). The zero-order valence-corrected chi connectivity index (χ0v) is 14.9. The first-order valence-electron chi connectivity index (χ1n) is 9.12. The van der Waals surface area contributed by atoms with E-state index in [1.165, 1.54) is 0 Å². The van der Waals surface area contributed by atoms with Gasteiger partial charge in [-0.15, -0.1) is 0 Å². The van der Waals surface area contributed by atoms with Crippen molar-refractivity contribution in [2.24, 2.45) is 0 Å². The van der Waals surface area contributed by atoms with Crippen molar-refractivity contribution in [3.8, 4) is 0 Å². The second kappa shape index (κ2) is 7.87.